The number of fused-ring (bicyclic) bond motifs is 3. The molecule has 5 aromatic carbocycles. The first-order valence-electron chi connectivity index (χ1n) is 14.9. The fourth-order valence-corrected chi connectivity index (χ4v) is 7.31. The molecule has 0 fully saturated rings. The predicted molar refractivity (Wildman–Crippen MR) is 179 cm³/mol. The highest BCUT2D eigenvalue weighted by atomic mass is 32.1. The van der Waals surface area contributed by atoms with Crippen molar-refractivity contribution in [2.24, 2.45) is 0 Å². The predicted octanol–water partition coefficient (Wildman–Crippen LogP) is 10.3. The van der Waals surface area contributed by atoms with Gasteiger partial charge in [-0.2, -0.15) is 0 Å². The molecular formula is C38H33N3S. The number of hydrogen-bond donors (Lipinski definition) is 0. The zero-order valence-corrected chi connectivity index (χ0v) is 25.1. The average Bonchev–Trinajstić information content (AvgIpc) is 3.67. The molecule has 0 radical (unpaired) electrons. The molecule has 0 N–H and O–H groups in total. The van der Waals surface area contributed by atoms with E-state index in [4.69, 9.17) is 5.10 Å². The Morgan fingerprint density at radius 3 is 1.71 bits per heavy atom. The lowest BCUT2D eigenvalue weighted by Gasteiger charge is -2.12. The quantitative estimate of drug-likeness (QED) is 0.193. The largest absolute Gasteiger partial charge is 0.275 e. The zero-order chi connectivity index (χ0) is 28.6. The number of nitrogens with zero attached hydrogens (tertiary/aromatic N) is 3. The number of benzene rings is 5. The van der Waals surface area contributed by atoms with Crippen LogP contribution in [0.15, 0.2) is 109 Å². The number of para-hydroxylation sites is 1. The third kappa shape index (κ3) is 4.53. The maximum Gasteiger partial charge on any atom is 0.168 e. The van der Waals surface area contributed by atoms with Crippen molar-refractivity contribution in [3.63, 3.8) is 0 Å². The van der Waals surface area contributed by atoms with Gasteiger partial charge in [-0.05, 0) is 77.4 Å². The van der Waals surface area contributed by atoms with Crippen LogP contribution >= 0.6 is 11.3 Å². The van der Waals surface area contributed by atoms with Gasteiger partial charge in [0.25, 0.3) is 0 Å². The minimum Gasteiger partial charge on any atom is -0.275 e. The summed E-state index contributed by atoms with van der Waals surface area (Å²) in [6.45, 7) is 6.77. The third-order valence-electron chi connectivity index (χ3n) is 8.23. The Labute approximate surface area is 251 Å². The van der Waals surface area contributed by atoms with Crippen LogP contribution in [0.25, 0.3) is 59.8 Å². The number of rotatable bonds is 7. The Morgan fingerprint density at radius 2 is 1.10 bits per heavy atom. The van der Waals surface area contributed by atoms with Crippen LogP contribution < -0.4 is 0 Å². The van der Waals surface area contributed by atoms with Gasteiger partial charge < -0.3 is 0 Å². The molecule has 7 rings (SSSR count). The van der Waals surface area contributed by atoms with Crippen molar-refractivity contribution in [3.8, 4) is 39.6 Å². The second-order valence-electron chi connectivity index (χ2n) is 10.8. The summed E-state index contributed by atoms with van der Waals surface area (Å²) >= 11 is 1.95. The van der Waals surface area contributed by atoms with Crippen LogP contribution in [-0.4, -0.2) is 14.8 Å². The Balaban J connectivity index is 1.37. The third-order valence-corrected chi connectivity index (χ3v) is 9.56. The van der Waals surface area contributed by atoms with E-state index in [1.165, 1.54) is 48.0 Å². The number of aryl methyl sites for hydroxylation is 3. The van der Waals surface area contributed by atoms with Crippen LogP contribution in [0.4, 0.5) is 0 Å². The molecule has 2 aromatic heterocycles. The molecule has 0 atom stereocenters. The highest BCUT2D eigenvalue weighted by Gasteiger charge is 2.19. The Kier molecular flexibility index (Phi) is 6.93. The summed E-state index contributed by atoms with van der Waals surface area (Å²) in [5, 5.41) is 12.1. The number of thiophene rings is 1. The smallest absolute Gasteiger partial charge is 0.168 e. The van der Waals surface area contributed by atoms with Crippen molar-refractivity contribution in [1.29, 1.82) is 0 Å². The summed E-state index contributed by atoms with van der Waals surface area (Å²) < 4.78 is 4.96. The molecule has 0 unspecified atom stereocenters. The summed E-state index contributed by atoms with van der Waals surface area (Å²) in [7, 11) is 0. The lowest BCUT2D eigenvalue weighted by molar-refractivity contribution is 1.07. The first-order chi connectivity index (χ1) is 20.7. The van der Waals surface area contributed by atoms with E-state index in [9.17, 15) is 0 Å². The first kappa shape index (κ1) is 26.4. The van der Waals surface area contributed by atoms with E-state index in [2.05, 4.69) is 115 Å². The minimum absolute atomic E-state index is 0.834. The van der Waals surface area contributed by atoms with E-state index in [-0.39, 0.29) is 0 Å². The first-order valence-corrected chi connectivity index (χ1v) is 15.7. The molecule has 0 spiro atoms. The van der Waals surface area contributed by atoms with Gasteiger partial charge in [-0.1, -0.05) is 99.6 Å². The molecule has 0 aliphatic heterocycles. The van der Waals surface area contributed by atoms with E-state index >= 15 is 0 Å². The monoisotopic (exact) mass is 563 g/mol. The Hall–Kier alpha value is -4.54. The fourth-order valence-electron chi connectivity index (χ4n) is 5.93. The summed E-state index contributed by atoms with van der Waals surface area (Å²) in [5.74, 6) is 1.67. The van der Waals surface area contributed by atoms with Crippen molar-refractivity contribution in [2.45, 2.75) is 40.0 Å². The summed E-state index contributed by atoms with van der Waals surface area (Å²) in [5.41, 5.74) is 9.91. The van der Waals surface area contributed by atoms with E-state index in [1.54, 1.807) is 0 Å². The summed E-state index contributed by atoms with van der Waals surface area (Å²) in [4.78, 5) is 0. The van der Waals surface area contributed by atoms with Gasteiger partial charge in [-0.15, -0.1) is 21.5 Å². The maximum atomic E-state index is 4.70. The molecule has 7 aromatic rings. The van der Waals surface area contributed by atoms with Crippen molar-refractivity contribution in [2.75, 3.05) is 0 Å². The maximum absolute atomic E-state index is 4.70. The van der Waals surface area contributed by atoms with Gasteiger partial charge in [-0.3, -0.25) is 4.57 Å². The molecule has 0 bridgehead atoms. The van der Waals surface area contributed by atoms with Gasteiger partial charge in [0.1, 0.15) is 0 Å². The van der Waals surface area contributed by atoms with Crippen molar-refractivity contribution < 1.29 is 0 Å². The lowest BCUT2D eigenvalue weighted by atomic mass is 9.96. The highest BCUT2D eigenvalue weighted by Crippen LogP contribution is 2.43. The SMILES string of the molecule is CCc1cc(CC)c2sc3c(-c4ccc(-c5nnc(-c6ccccc6)n5-c5ccccc5)cc4)cc(CC)cc3c2c1. The van der Waals surface area contributed by atoms with E-state index < -0.39 is 0 Å². The van der Waals surface area contributed by atoms with E-state index in [0.29, 0.717) is 0 Å². The van der Waals surface area contributed by atoms with Gasteiger partial charge in [0, 0.05) is 37.0 Å². The van der Waals surface area contributed by atoms with Crippen LogP contribution in [0.2, 0.25) is 0 Å². The second-order valence-corrected chi connectivity index (χ2v) is 11.8. The summed E-state index contributed by atoms with van der Waals surface area (Å²) in [6, 6.07) is 39.1. The van der Waals surface area contributed by atoms with Gasteiger partial charge in [-0.25, -0.2) is 0 Å². The highest BCUT2D eigenvalue weighted by molar-refractivity contribution is 7.26. The van der Waals surface area contributed by atoms with Crippen molar-refractivity contribution in [1.82, 2.24) is 14.8 Å². The number of aromatic nitrogens is 3. The molecule has 0 amide bonds. The normalized spacial score (nSPS) is 11.5. The molecule has 0 saturated heterocycles. The molecule has 0 aliphatic rings. The molecule has 0 saturated carbocycles. The van der Waals surface area contributed by atoms with Crippen LogP contribution in [-0.2, 0) is 19.3 Å². The molecule has 3 nitrogen and oxygen atoms in total. The zero-order valence-electron chi connectivity index (χ0n) is 24.3. The van der Waals surface area contributed by atoms with Crippen LogP contribution in [0.3, 0.4) is 0 Å². The minimum atomic E-state index is 0.834. The molecule has 206 valence electrons. The van der Waals surface area contributed by atoms with Gasteiger partial charge in [0.2, 0.25) is 0 Å². The lowest BCUT2D eigenvalue weighted by Crippen LogP contribution is -2.00. The molecule has 2 heterocycles. The molecular weight excluding hydrogens is 531 g/mol. The van der Waals surface area contributed by atoms with Gasteiger partial charge in [0.15, 0.2) is 11.6 Å². The topological polar surface area (TPSA) is 30.7 Å². The Morgan fingerprint density at radius 1 is 0.548 bits per heavy atom. The second kappa shape index (κ2) is 11.0. The van der Waals surface area contributed by atoms with Gasteiger partial charge in [0.05, 0.1) is 0 Å². The van der Waals surface area contributed by atoms with Crippen molar-refractivity contribution >= 4 is 31.5 Å². The van der Waals surface area contributed by atoms with Crippen LogP contribution in [0, 0.1) is 0 Å². The van der Waals surface area contributed by atoms with Crippen LogP contribution in [0.1, 0.15) is 37.5 Å². The fraction of sp³-hybridized carbons (Fsp3) is 0.158. The standard InChI is InChI=1S/C38H33N3S/c1-4-25-21-27(6-3)35-33(23-25)34-24-26(5-2)22-32(36(34)42-35)28-17-19-30(20-18-28)38-40-39-37(29-13-9-7-10-14-29)41(38)31-15-11-8-12-16-31/h7-24H,4-6H2,1-3H3. The summed E-state index contributed by atoms with van der Waals surface area (Å²) in [6.07, 6.45) is 3.12. The van der Waals surface area contributed by atoms with E-state index in [0.717, 1.165) is 47.7 Å². The Bertz CT molecular complexity index is 2020. The molecule has 42 heavy (non-hydrogen) atoms. The van der Waals surface area contributed by atoms with Crippen LogP contribution in [0.5, 0.6) is 0 Å². The molecule has 4 heteroatoms. The number of hydrogen-bond acceptors (Lipinski definition) is 3. The molecule has 0 aliphatic carbocycles. The average molecular weight is 564 g/mol. The van der Waals surface area contributed by atoms with E-state index in [1.807, 2.05) is 35.6 Å². The van der Waals surface area contributed by atoms with Crippen molar-refractivity contribution in [3.05, 3.63) is 126 Å². The van der Waals surface area contributed by atoms with Gasteiger partial charge >= 0.3 is 0 Å².